The first-order valence-electron chi connectivity index (χ1n) is 5.14. The van der Waals surface area contributed by atoms with Crippen LogP contribution in [0.1, 0.15) is 26.3 Å². The lowest BCUT2D eigenvalue weighted by Gasteiger charge is -2.20. The van der Waals surface area contributed by atoms with Gasteiger partial charge in [0, 0.05) is 16.1 Å². The first-order valence-corrected chi connectivity index (χ1v) is 5.52. The quantitative estimate of drug-likeness (QED) is 0.815. The van der Waals surface area contributed by atoms with Gasteiger partial charge in [-0.1, -0.05) is 11.6 Å². The van der Waals surface area contributed by atoms with E-state index in [0.717, 1.165) is 6.07 Å². The first kappa shape index (κ1) is 13.9. The highest BCUT2D eigenvalue weighted by Crippen LogP contribution is 2.22. The summed E-state index contributed by atoms with van der Waals surface area (Å²) in [5.74, 6) is -2.47. The summed E-state index contributed by atoms with van der Waals surface area (Å²) in [5, 5.41) is 2.70. The van der Waals surface area contributed by atoms with Crippen LogP contribution in [0.3, 0.4) is 0 Å². The fraction of sp³-hybridized carbons (Fsp3) is 0.417. The minimum absolute atomic E-state index is 0.0490. The number of hydrogen-bond acceptors (Lipinski definition) is 1. The van der Waals surface area contributed by atoms with Crippen molar-refractivity contribution in [2.45, 2.75) is 32.7 Å². The van der Waals surface area contributed by atoms with E-state index >= 15 is 0 Å². The molecule has 0 aliphatic rings. The predicted octanol–water partition coefficient (Wildman–Crippen LogP) is 3.08. The average Bonchev–Trinajstić information content (AvgIpc) is 2.16. The van der Waals surface area contributed by atoms with Gasteiger partial charge in [0.15, 0.2) is 11.6 Å². The third-order valence-corrected chi connectivity index (χ3v) is 2.34. The van der Waals surface area contributed by atoms with E-state index in [1.165, 1.54) is 6.07 Å². The van der Waals surface area contributed by atoms with Crippen LogP contribution < -0.4 is 5.32 Å². The lowest BCUT2D eigenvalue weighted by atomic mass is 10.1. The molecule has 0 saturated carbocycles. The van der Waals surface area contributed by atoms with E-state index in [9.17, 15) is 13.6 Å². The van der Waals surface area contributed by atoms with Crippen LogP contribution >= 0.6 is 11.6 Å². The Morgan fingerprint density at radius 3 is 2.47 bits per heavy atom. The molecule has 1 N–H and O–H groups in total. The summed E-state index contributed by atoms with van der Waals surface area (Å²) in [5.41, 5.74) is -0.540. The van der Waals surface area contributed by atoms with Crippen LogP contribution in [0.4, 0.5) is 8.78 Å². The fourth-order valence-electron chi connectivity index (χ4n) is 1.35. The topological polar surface area (TPSA) is 29.1 Å². The Morgan fingerprint density at radius 1 is 1.35 bits per heavy atom. The van der Waals surface area contributed by atoms with Crippen LogP contribution in [0.5, 0.6) is 0 Å². The Balaban J connectivity index is 2.89. The molecule has 94 valence electrons. The Bertz CT molecular complexity index is 441. The van der Waals surface area contributed by atoms with Gasteiger partial charge in [-0.3, -0.25) is 4.79 Å². The van der Waals surface area contributed by atoms with Crippen molar-refractivity contribution in [2.24, 2.45) is 0 Å². The normalized spacial score (nSPS) is 11.4. The van der Waals surface area contributed by atoms with Gasteiger partial charge in [0.05, 0.1) is 6.42 Å². The second kappa shape index (κ2) is 5.00. The van der Waals surface area contributed by atoms with Gasteiger partial charge in [0.2, 0.25) is 5.91 Å². The lowest BCUT2D eigenvalue weighted by Crippen LogP contribution is -2.41. The molecule has 0 bridgehead atoms. The average molecular weight is 262 g/mol. The molecule has 0 spiro atoms. The molecule has 0 aliphatic carbocycles. The molecule has 0 heterocycles. The summed E-state index contributed by atoms with van der Waals surface area (Å²) >= 11 is 5.73. The van der Waals surface area contributed by atoms with Crippen LogP contribution in [0.2, 0.25) is 5.02 Å². The van der Waals surface area contributed by atoms with E-state index in [1.54, 1.807) is 20.8 Å². The van der Waals surface area contributed by atoms with Crippen LogP contribution in [-0.2, 0) is 11.2 Å². The van der Waals surface area contributed by atoms with Crippen molar-refractivity contribution in [3.8, 4) is 0 Å². The molecule has 5 heteroatoms. The zero-order valence-electron chi connectivity index (χ0n) is 9.90. The summed E-state index contributed by atoms with van der Waals surface area (Å²) in [6.45, 7) is 5.40. The summed E-state index contributed by atoms with van der Waals surface area (Å²) in [6, 6.07) is 2.17. The van der Waals surface area contributed by atoms with Gasteiger partial charge in [0.25, 0.3) is 0 Å². The summed E-state index contributed by atoms with van der Waals surface area (Å²) in [6.07, 6.45) is -0.278. The van der Waals surface area contributed by atoms with Crippen molar-refractivity contribution < 1.29 is 13.6 Å². The summed E-state index contributed by atoms with van der Waals surface area (Å²) in [4.78, 5) is 11.6. The molecule has 0 saturated heterocycles. The Morgan fingerprint density at radius 2 is 1.94 bits per heavy atom. The molecule has 1 rings (SSSR count). The van der Waals surface area contributed by atoms with Gasteiger partial charge in [-0.15, -0.1) is 0 Å². The van der Waals surface area contributed by atoms with E-state index in [2.05, 4.69) is 5.32 Å². The van der Waals surface area contributed by atoms with Crippen molar-refractivity contribution >= 4 is 17.5 Å². The highest BCUT2D eigenvalue weighted by atomic mass is 35.5. The molecule has 1 aromatic carbocycles. The second-order valence-corrected chi connectivity index (χ2v) is 5.20. The molecule has 0 atom stereocenters. The summed E-state index contributed by atoms with van der Waals surface area (Å²) < 4.78 is 26.4. The van der Waals surface area contributed by atoms with Gasteiger partial charge in [-0.2, -0.15) is 0 Å². The molecule has 0 fully saturated rings. The van der Waals surface area contributed by atoms with Gasteiger partial charge in [0.1, 0.15) is 0 Å². The van der Waals surface area contributed by atoms with E-state index in [-0.39, 0.29) is 17.0 Å². The molecule has 0 radical (unpaired) electrons. The first-order chi connectivity index (χ1) is 7.70. The number of nitrogens with one attached hydrogen (secondary N) is 1. The van der Waals surface area contributed by atoms with Gasteiger partial charge < -0.3 is 5.32 Å². The molecular weight excluding hydrogens is 248 g/mol. The standard InChI is InChI=1S/C12H14ClF2NO/c1-12(2,3)16-10(17)6-7-8(13)4-5-9(14)11(7)15/h4-5H,6H2,1-3H3,(H,16,17). The van der Waals surface area contributed by atoms with Crippen LogP contribution in [0, 0.1) is 11.6 Å². The van der Waals surface area contributed by atoms with Crippen LogP contribution in [0.15, 0.2) is 12.1 Å². The number of amides is 1. The SMILES string of the molecule is CC(C)(C)NC(=O)Cc1c(Cl)ccc(F)c1F. The highest BCUT2D eigenvalue weighted by molar-refractivity contribution is 6.31. The van der Waals surface area contributed by atoms with Crippen LogP contribution in [0.25, 0.3) is 0 Å². The van der Waals surface area contributed by atoms with Crippen molar-refractivity contribution in [3.05, 3.63) is 34.4 Å². The Hall–Kier alpha value is -1.16. The molecule has 1 amide bonds. The maximum atomic E-state index is 13.4. The van der Waals surface area contributed by atoms with Crippen LogP contribution in [-0.4, -0.2) is 11.4 Å². The second-order valence-electron chi connectivity index (χ2n) is 4.80. The molecule has 1 aromatic rings. The maximum Gasteiger partial charge on any atom is 0.224 e. The highest BCUT2D eigenvalue weighted by Gasteiger charge is 2.19. The molecule has 0 aliphatic heterocycles. The fourth-order valence-corrected chi connectivity index (χ4v) is 1.57. The largest absolute Gasteiger partial charge is 0.351 e. The van der Waals surface area contributed by atoms with E-state index in [4.69, 9.17) is 11.6 Å². The van der Waals surface area contributed by atoms with Crippen molar-refractivity contribution in [2.75, 3.05) is 0 Å². The molecule has 2 nitrogen and oxygen atoms in total. The lowest BCUT2D eigenvalue weighted by molar-refractivity contribution is -0.121. The molecule has 17 heavy (non-hydrogen) atoms. The van der Waals surface area contributed by atoms with Gasteiger partial charge in [-0.05, 0) is 32.9 Å². The molecule has 0 unspecified atom stereocenters. The number of carbonyl (C=O) groups excluding carboxylic acids is 1. The monoisotopic (exact) mass is 261 g/mol. The van der Waals surface area contributed by atoms with Gasteiger partial charge in [-0.25, -0.2) is 8.78 Å². The van der Waals surface area contributed by atoms with Crippen molar-refractivity contribution in [1.82, 2.24) is 5.32 Å². The smallest absolute Gasteiger partial charge is 0.224 e. The minimum atomic E-state index is -1.07. The van der Waals surface area contributed by atoms with Crippen molar-refractivity contribution in [1.29, 1.82) is 0 Å². The van der Waals surface area contributed by atoms with E-state index in [0.29, 0.717) is 0 Å². The van der Waals surface area contributed by atoms with Crippen molar-refractivity contribution in [3.63, 3.8) is 0 Å². The Labute approximate surface area is 104 Å². The number of hydrogen-bond donors (Lipinski definition) is 1. The Kier molecular flexibility index (Phi) is 4.09. The summed E-state index contributed by atoms with van der Waals surface area (Å²) in [7, 11) is 0. The van der Waals surface area contributed by atoms with E-state index in [1.807, 2.05) is 0 Å². The molecule has 0 aromatic heterocycles. The number of benzene rings is 1. The third-order valence-electron chi connectivity index (χ3n) is 1.99. The number of rotatable bonds is 2. The zero-order chi connectivity index (χ0) is 13.2. The van der Waals surface area contributed by atoms with Gasteiger partial charge >= 0.3 is 0 Å². The maximum absolute atomic E-state index is 13.4. The predicted molar refractivity (Wildman–Crippen MR) is 63.0 cm³/mol. The number of halogens is 3. The third kappa shape index (κ3) is 3.97. The zero-order valence-corrected chi connectivity index (χ0v) is 10.7. The number of carbonyl (C=O) groups is 1. The molecular formula is C12H14ClF2NO. The van der Waals surface area contributed by atoms with E-state index < -0.39 is 23.1 Å². The minimum Gasteiger partial charge on any atom is -0.351 e.